The van der Waals surface area contributed by atoms with Gasteiger partial charge in [0.15, 0.2) is 0 Å². The van der Waals surface area contributed by atoms with Crippen LogP contribution in [0.3, 0.4) is 0 Å². The molecule has 1 aromatic carbocycles. The average molecular weight is 478 g/mol. The molecule has 2 aliphatic rings. The lowest BCUT2D eigenvalue weighted by Gasteiger charge is -2.34. The summed E-state index contributed by atoms with van der Waals surface area (Å²) in [4.78, 5) is 39.6. The van der Waals surface area contributed by atoms with Gasteiger partial charge >= 0.3 is 0 Å². The number of para-hydroxylation sites is 1. The fourth-order valence-corrected chi connectivity index (χ4v) is 5.54. The third-order valence-corrected chi connectivity index (χ3v) is 7.59. The maximum atomic E-state index is 13.6. The van der Waals surface area contributed by atoms with Gasteiger partial charge < -0.3 is 9.80 Å². The van der Waals surface area contributed by atoms with Gasteiger partial charge in [0.25, 0.3) is 0 Å². The van der Waals surface area contributed by atoms with Crippen LogP contribution in [0.1, 0.15) is 51.3 Å². The van der Waals surface area contributed by atoms with Gasteiger partial charge in [-0.2, -0.15) is 0 Å². The summed E-state index contributed by atoms with van der Waals surface area (Å²) in [5.41, 5.74) is 3.01. The Morgan fingerprint density at radius 1 is 1.00 bits per heavy atom. The van der Waals surface area contributed by atoms with Crippen molar-refractivity contribution in [3.05, 3.63) is 59.9 Å². The molecule has 2 aliphatic heterocycles. The van der Waals surface area contributed by atoms with Gasteiger partial charge in [-0.25, -0.2) is 0 Å². The second-order valence-electron chi connectivity index (χ2n) is 9.70. The molecule has 35 heavy (non-hydrogen) atoms. The van der Waals surface area contributed by atoms with Crippen molar-refractivity contribution in [2.75, 3.05) is 37.6 Å². The standard InChI is InChI=1S/C28H39N5O2/c1-4-30(5-2)21-28(35)31-18-23-10-6-7-12-27(23)32(22(3)34)17-15-25-13-14-26(20-31)33(25)19-24-11-8-9-16-29-24/h6-12,16,25-26H,4-5,13-15,17-21H2,1-3H3/t25-,26+/m0/s1. The first-order valence-electron chi connectivity index (χ1n) is 13.0. The molecule has 2 aromatic rings. The number of carbonyl (C=O) groups excluding carboxylic acids is 2. The Morgan fingerprint density at radius 3 is 2.46 bits per heavy atom. The molecule has 2 bridgehead atoms. The van der Waals surface area contributed by atoms with Crippen LogP contribution in [0.2, 0.25) is 0 Å². The summed E-state index contributed by atoms with van der Waals surface area (Å²) in [6.07, 6.45) is 4.87. The van der Waals surface area contributed by atoms with Crippen molar-refractivity contribution < 1.29 is 9.59 Å². The highest BCUT2D eigenvalue weighted by Gasteiger charge is 2.37. The minimum absolute atomic E-state index is 0.0449. The van der Waals surface area contributed by atoms with Crippen LogP contribution in [-0.4, -0.2) is 76.3 Å². The highest BCUT2D eigenvalue weighted by Crippen LogP contribution is 2.32. The Morgan fingerprint density at radius 2 is 1.74 bits per heavy atom. The molecule has 0 N–H and O–H groups in total. The second kappa shape index (κ2) is 11.8. The highest BCUT2D eigenvalue weighted by atomic mass is 16.2. The highest BCUT2D eigenvalue weighted by molar-refractivity contribution is 5.92. The van der Waals surface area contributed by atoms with Gasteiger partial charge in [0.1, 0.15) is 0 Å². The van der Waals surface area contributed by atoms with E-state index < -0.39 is 0 Å². The van der Waals surface area contributed by atoms with Gasteiger partial charge in [-0.1, -0.05) is 38.1 Å². The Balaban J connectivity index is 1.69. The van der Waals surface area contributed by atoms with E-state index in [-0.39, 0.29) is 17.9 Å². The predicted octanol–water partition coefficient (Wildman–Crippen LogP) is 3.54. The van der Waals surface area contributed by atoms with E-state index in [2.05, 4.69) is 40.8 Å². The van der Waals surface area contributed by atoms with Crippen LogP contribution < -0.4 is 4.90 Å². The van der Waals surface area contributed by atoms with Crippen LogP contribution in [0.15, 0.2) is 48.7 Å². The molecule has 3 heterocycles. The lowest BCUT2D eigenvalue weighted by Crippen LogP contribution is -2.47. The van der Waals surface area contributed by atoms with Crippen LogP contribution in [-0.2, 0) is 22.7 Å². The summed E-state index contributed by atoms with van der Waals surface area (Å²) in [5.74, 6) is 0.196. The van der Waals surface area contributed by atoms with Crippen LogP contribution in [0.4, 0.5) is 5.69 Å². The van der Waals surface area contributed by atoms with Crippen LogP contribution in [0.5, 0.6) is 0 Å². The summed E-state index contributed by atoms with van der Waals surface area (Å²) in [6.45, 7) is 10.6. The number of aromatic nitrogens is 1. The van der Waals surface area contributed by atoms with Crippen LogP contribution >= 0.6 is 0 Å². The summed E-state index contributed by atoms with van der Waals surface area (Å²) in [5, 5.41) is 0. The molecule has 0 saturated carbocycles. The van der Waals surface area contributed by atoms with Crippen molar-refractivity contribution in [3.63, 3.8) is 0 Å². The van der Waals surface area contributed by atoms with E-state index in [4.69, 9.17) is 0 Å². The first-order valence-corrected chi connectivity index (χ1v) is 13.0. The normalized spacial score (nSPS) is 21.0. The van der Waals surface area contributed by atoms with E-state index in [1.807, 2.05) is 46.3 Å². The number of hydrogen-bond acceptors (Lipinski definition) is 5. The summed E-state index contributed by atoms with van der Waals surface area (Å²) in [6, 6.07) is 14.7. The zero-order valence-corrected chi connectivity index (χ0v) is 21.4. The molecule has 2 atom stereocenters. The SMILES string of the molecule is CCN(CC)CC(=O)N1Cc2ccccc2N(C(C)=O)CC[C@@H]2CC[C@H](C1)N2Cc1ccccn1. The molecule has 0 aliphatic carbocycles. The Bertz CT molecular complexity index is 994. The lowest BCUT2D eigenvalue weighted by atomic mass is 10.1. The smallest absolute Gasteiger partial charge is 0.237 e. The predicted molar refractivity (Wildman–Crippen MR) is 139 cm³/mol. The molecule has 1 aromatic heterocycles. The van der Waals surface area contributed by atoms with Gasteiger partial charge in [-0.15, -0.1) is 0 Å². The molecule has 0 spiro atoms. The third kappa shape index (κ3) is 6.08. The minimum atomic E-state index is 0.0449. The molecule has 7 heteroatoms. The maximum absolute atomic E-state index is 13.6. The quantitative estimate of drug-likeness (QED) is 0.637. The Kier molecular flexibility index (Phi) is 8.52. The van der Waals surface area contributed by atoms with Gasteiger partial charge in [-0.3, -0.25) is 24.4 Å². The fraction of sp³-hybridized carbons (Fsp3) is 0.536. The number of anilines is 1. The summed E-state index contributed by atoms with van der Waals surface area (Å²) >= 11 is 0. The van der Waals surface area contributed by atoms with Crippen molar-refractivity contribution >= 4 is 17.5 Å². The van der Waals surface area contributed by atoms with Crippen LogP contribution in [0, 0.1) is 0 Å². The average Bonchev–Trinajstić information content (AvgIpc) is 3.22. The lowest BCUT2D eigenvalue weighted by molar-refractivity contribution is -0.133. The number of rotatable bonds is 6. The van der Waals surface area contributed by atoms with E-state index in [9.17, 15) is 9.59 Å². The van der Waals surface area contributed by atoms with Gasteiger partial charge in [-0.05, 0) is 56.1 Å². The number of fused-ring (bicyclic) bond motifs is 3. The first-order chi connectivity index (χ1) is 17.0. The molecule has 1 saturated heterocycles. The Hall–Kier alpha value is -2.77. The van der Waals surface area contributed by atoms with E-state index in [0.717, 1.165) is 55.8 Å². The van der Waals surface area contributed by atoms with Gasteiger partial charge in [0.05, 0.1) is 12.2 Å². The molecule has 188 valence electrons. The summed E-state index contributed by atoms with van der Waals surface area (Å²) in [7, 11) is 0. The maximum Gasteiger partial charge on any atom is 0.237 e. The number of likely N-dealkylation sites (N-methyl/N-ethyl adjacent to an activating group) is 1. The zero-order valence-electron chi connectivity index (χ0n) is 21.4. The molecule has 7 nitrogen and oxygen atoms in total. The minimum Gasteiger partial charge on any atom is -0.336 e. The first kappa shape index (κ1) is 25.3. The van der Waals surface area contributed by atoms with Gasteiger partial charge in [0, 0.05) is 57.1 Å². The molecular formula is C28H39N5O2. The van der Waals surface area contributed by atoms with Gasteiger partial charge in [0.2, 0.25) is 11.8 Å². The zero-order chi connectivity index (χ0) is 24.8. The third-order valence-electron chi connectivity index (χ3n) is 7.59. The molecule has 0 unspecified atom stereocenters. The van der Waals surface area contributed by atoms with Crippen LogP contribution in [0.25, 0.3) is 0 Å². The molecular weight excluding hydrogens is 438 g/mol. The monoisotopic (exact) mass is 477 g/mol. The second-order valence-corrected chi connectivity index (χ2v) is 9.70. The van der Waals surface area contributed by atoms with Crippen molar-refractivity contribution in [2.24, 2.45) is 0 Å². The molecule has 4 rings (SSSR count). The van der Waals surface area contributed by atoms with Crippen molar-refractivity contribution in [3.8, 4) is 0 Å². The van der Waals surface area contributed by atoms with E-state index in [1.165, 1.54) is 0 Å². The number of benzene rings is 1. The number of carbonyl (C=O) groups is 2. The number of hydrogen-bond donors (Lipinski definition) is 0. The molecule has 1 fully saturated rings. The molecule has 2 amide bonds. The van der Waals surface area contributed by atoms with Crippen molar-refractivity contribution in [1.29, 1.82) is 0 Å². The van der Waals surface area contributed by atoms with Crippen molar-refractivity contribution in [1.82, 2.24) is 19.7 Å². The number of amides is 2. The van der Waals surface area contributed by atoms with E-state index in [0.29, 0.717) is 32.2 Å². The Labute approximate surface area is 209 Å². The number of nitrogens with zero attached hydrogens (tertiary/aromatic N) is 5. The van der Waals surface area contributed by atoms with E-state index in [1.54, 1.807) is 6.92 Å². The largest absolute Gasteiger partial charge is 0.336 e. The molecule has 0 radical (unpaired) electrons. The summed E-state index contributed by atoms with van der Waals surface area (Å²) < 4.78 is 0. The van der Waals surface area contributed by atoms with Crippen molar-refractivity contribution in [2.45, 2.75) is 65.2 Å². The van der Waals surface area contributed by atoms with E-state index >= 15 is 0 Å². The topological polar surface area (TPSA) is 60.0 Å². The number of pyridine rings is 1. The fourth-order valence-electron chi connectivity index (χ4n) is 5.54.